The molecule has 2 saturated heterocycles. The SMILES string of the molecule is Cc1ccc(-n2nccn2)c(C(=O)N2CC3CC(C2)CN(c2cnc4ccccc4n2)C3)c1. The Morgan fingerprint density at radius 2 is 1.67 bits per heavy atom. The highest BCUT2D eigenvalue weighted by molar-refractivity contribution is 5.98. The van der Waals surface area contributed by atoms with Gasteiger partial charge in [-0.1, -0.05) is 23.8 Å². The number of carbonyl (C=O) groups excluding carboxylic acids is 1. The number of anilines is 1. The van der Waals surface area contributed by atoms with Crippen LogP contribution >= 0.6 is 0 Å². The summed E-state index contributed by atoms with van der Waals surface area (Å²) < 4.78 is 0. The van der Waals surface area contributed by atoms with E-state index in [1.807, 2.05) is 60.5 Å². The fraction of sp³-hybridized carbons (Fsp3) is 0.320. The van der Waals surface area contributed by atoms with Crippen LogP contribution in [0.25, 0.3) is 16.7 Å². The third-order valence-corrected chi connectivity index (χ3v) is 6.64. The molecule has 2 unspecified atom stereocenters. The van der Waals surface area contributed by atoms with Gasteiger partial charge >= 0.3 is 0 Å². The van der Waals surface area contributed by atoms with Crippen molar-refractivity contribution in [2.45, 2.75) is 13.3 Å². The van der Waals surface area contributed by atoms with Gasteiger partial charge in [0.2, 0.25) is 0 Å². The number of carbonyl (C=O) groups is 1. The van der Waals surface area contributed by atoms with E-state index in [2.05, 4.69) is 20.1 Å². The molecule has 0 N–H and O–H groups in total. The molecule has 0 aliphatic carbocycles. The molecule has 166 valence electrons. The summed E-state index contributed by atoms with van der Waals surface area (Å²) in [5.74, 6) is 1.80. The zero-order valence-corrected chi connectivity index (χ0v) is 18.5. The summed E-state index contributed by atoms with van der Waals surface area (Å²) in [6.45, 7) is 5.26. The fourth-order valence-corrected chi connectivity index (χ4v) is 5.24. The predicted octanol–water partition coefficient (Wildman–Crippen LogP) is 3.12. The van der Waals surface area contributed by atoms with Crippen molar-refractivity contribution in [3.8, 4) is 5.69 Å². The van der Waals surface area contributed by atoms with Gasteiger partial charge in [-0.05, 0) is 49.4 Å². The van der Waals surface area contributed by atoms with Gasteiger partial charge in [0.25, 0.3) is 5.91 Å². The number of para-hydroxylation sites is 2. The molecular formula is C25H25N7O. The number of hydrogen-bond donors (Lipinski definition) is 0. The second kappa shape index (κ2) is 7.95. The lowest BCUT2D eigenvalue weighted by Gasteiger charge is -2.46. The van der Waals surface area contributed by atoms with Crippen molar-refractivity contribution in [2.24, 2.45) is 11.8 Å². The lowest BCUT2D eigenvalue weighted by molar-refractivity contribution is 0.0564. The van der Waals surface area contributed by atoms with Crippen LogP contribution in [0.3, 0.4) is 0 Å². The molecular weight excluding hydrogens is 414 g/mol. The van der Waals surface area contributed by atoms with Crippen LogP contribution in [-0.4, -0.2) is 61.9 Å². The number of aryl methyl sites for hydroxylation is 1. The smallest absolute Gasteiger partial charge is 0.256 e. The van der Waals surface area contributed by atoms with E-state index in [1.165, 1.54) is 4.80 Å². The molecule has 2 fully saturated rings. The zero-order chi connectivity index (χ0) is 22.4. The molecule has 4 heterocycles. The van der Waals surface area contributed by atoms with E-state index in [1.54, 1.807) is 12.4 Å². The number of fused-ring (bicyclic) bond motifs is 3. The molecule has 33 heavy (non-hydrogen) atoms. The molecule has 1 amide bonds. The summed E-state index contributed by atoms with van der Waals surface area (Å²) >= 11 is 0. The van der Waals surface area contributed by atoms with Crippen LogP contribution in [0.15, 0.2) is 61.1 Å². The van der Waals surface area contributed by atoms with Crippen molar-refractivity contribution >= 4 is 22.8 Å². The van der Waals surface area contributed by atoms with Crippen molar-refractivity contribution in [3.05, 3.63) is 72.2 Å². The van der Waals surface area contributed by atoms with E-state index >= 15 is 0 Å². The second-order valence-electron chi connectivity index (χ2n) is 9.14. The molecule has 8 nitrogen and oxygen atoms in total. The maximum atomic E-state index is 13.6. The summed E-state index contributed by atoms with van der Waals surface area (Å²) in [5, 5.41) is 8.48. The number of rotatable bonds is 3. The number of likely N-dealkylation sites (tertiary alicyclic amines) is 1. The molecule has 0 radical (unpaired) electrons. The van der Waals surface area contributed by atoms with Crippen LogP contribution in [-0.2, 0) is 0 Å². The molecule has 2 aromatic heterocycles. The number of piperidine rings is 2. The number of aromatic nitrogens is 5. The Bertz CT molecular complexity index is 1310. The second-order valence-corrected chi connectivity index (χ2v) is 9.14. The van der Waals surface area contributed by atoms with E-state index in [0.717, 1.165) is 60.7 Å². The van der Waals surface area contributed by atoms with Crippen LogP contribution < -0.4 is 4.90 Å². The van der Waals surface area contributed by atoms with Gasteiger partial charge in [-0.25, -0.2) is 4.98 Å². The Morgan fingerprint density at radius 3 is 2.42 bits per heavy atom. The highest BCUT2D eigenvalue weighted by Crippen LogP contribution is 2.32. The van der Waals surface area contributed by atoms with Crippen molar-refractivity contribution in [3.63, 3.8) is 0 Å². The van der Waals surface area contributed by atoms with Crippen molar-refractivity contribution in [2.75, 3.05) is 31.1 Å². The largest absolute Gasteiger partial charge is 0.355 e. The molecule has 8 heteroatoms. The first-order valence-electron chi connectivity index (χ1n) is 11.4. The van der Waals surface area contributed by atoms with Crippen LogP contribution in [0.1, 0.15) is 22.3 Å². The van der Waals surface area contributed by atoms with E-state index in [0.29, 0.717) is 17.4 Å². The molecule has 2 aliphatic heterocycles. The molecule has 2 bridgehead atoms. The molecule has 2 aromatic carbocycles. The first-order chi connectivity index (χ1) is 16.1. The summed E-state index contributed by atoms with van der Waals surface area (Å²) in [6.07, 6.45) is 6.28. The summed E-state index contributed by atoms with van der Waals surface area (Å²) in [6, 6.07) is 13.8. The molecule has 2 aliphatic rings. The topological polar surface area (TPSA) is 80.0 Å². The summed E-state index contributed by atoms with van der Waals surface area (Å²) in [7, 11) is 0. The molecule has 4 aromatic rings. The van der Waals surface area contributed by atoms with E-state index in [-0.39, 0.29) is 5.91 Å². The summed E-state index contributed by atoms with van der Waals surface area (Å²) in [4.78, 5) is 28.9. The van der Waals surface area contributed by atoms with Crippen LogP contribution in [0.5, 0.6) is 0 Å². The van der Waals surface area contributed by atoms with Crippen molar-refractivity contribution in [1.82, 2.24) is 29.9 Å². The quantitative estimate of drug-likeness (QED) is 0.488. The fourth-order valence-electron chi connectivity index (χ4n) is 5.24. The first kappa shape index (κ1) is 19.8. The zero-order valence-electron chi connectivity index (χ0n) is 18.5. The van der Waals surface area contributed by atoms with Gasteiger partial charge in [0.05, 0.1) is 40.9 Å². The average Bonchev–Trinajstić information content (AvgIpc) is 3.37. The van der Waals surface area contributed by atoms with E-state index in [4.69, 9.17) is 4.98 Å². The van der Waals surface area contributed by atoms with E-state index < -0.39 is 0 Å². The first-order valence-corrected chi connectivity index (χ1v) is 11.4. The lowest BCUT2D eigenvalue weighted by atomic mass is 9.84. The standard InChI is InChI=1S/C25H25N7O/c1-17-6-7-23(32-27-8-9-28-32)20(10-17)25(33)31-15-18-11-19(16-31)14-30(13-18)24-12-26-21-4-2-3-5-22(21)29-24/h2-10,12,18-19H,11,13-16H2,1H3. The monoisotopic (exact) mass is 439 g/mol. The van der Waals surface area contributed by atoms with Gasteiger partial charge < -0.3 is 9.80 Å². The average molecular weight is 440 g/mol. The molecule has 0 spiro atoms. The van der Waals surface area contributed by atoms with Gasteiger partial charge in [-0.15, -0.1) is 0 Å². The molecule has 2 atom stereocenters. The normalized spacial score (nSPS) is 20.3. The van der Waals surface area contributed by atoms with Gasteiger partial charge in [0.1, 0.15) is 5.82 Å². The Kier molecular flexibility index (Phi) is 4.78. The Morgan fingerprint density at radius 1 is 0.939 bits per heavy atom. The number of amides is 1. The number of nitrogens with zero attached hydrogens (tertiary/aromatic N) is 7. The van der Waals surface area contributed by atoms with Gasteiger partial charge in [0.15, 0.2) is 0 Å². The minimum absolute atomic E-state index is 0.0552. The van der Waals surface area contributed by atoms with Crippen LogP contribution in [0.2, 0.25) is 0 Å². The Balaban J connectivity index is 1.23. The highest BCUT2D eigenvalue weighted by Gasteiger charge is 2.37. The van der Waals surface area contributed by atoms with Crippen LogP contribution in [0.4, 0.5) is 5.82 Å². The lowest BCUT2D eigenvalue weighted by Crippen LogP contribution is -2.54. The molecule has 6 rings (SSSR count). The van der Waals surface area contributed by atoms with Crippen LogP contribution in [0, 0.1) is 18.8 Å². The van der Waals surface area contributed by atoms with Crippen molar-refractivity contribution in [1.29, 1.82) is 0 Å². The number of hydrogen-bond acceptors (Lipinski definition) is 6. The maximum Gasteiger partial charge on any atom is 0.256 e. The molecule has 0 saturated carbocycles. The van der Waals surface area contributed by atoms with Gasteiger partial charge in [0, 0.05) is 26.2 Å². The predicted molar refractivity (Wildman–Crippen MR) is 125 cm³/mol. The maximum absolute atomic E-state index is 13.6. The Hall–Kier alpha value is -3.81. The van der Waals surface area contributed by atoms with Gasteiger partial charge in [-0.3, -0.25) is 9.78 Å². The third kappa shape index (κ3) is 3.71. The third-order valence-electron chi connectivity index (χ3n) is 6.64. The Labute approximate surface area is 191 Å². The van der Waals surface area contributed by atoms with E-state index in [9.17, 15) is 4.79 Å². The highest BCUT2D eigenvalue weighted by atomic mass is 16.2. The minimum atomic E-state index is 0.0552. The van der Waals surface area contributed by atoms with Crippen molar-refractivity contribution < 1.29 is 4.79 Å². The summed E-state index contributed by atoms with van der Waals surface area (Å²) in [5.41, 5.74) is 4.26. The minimum Gasteiger partial charge on any atom is -0.355 e. The number of benzene rings is 2. The van der Waals surface area contributed by atoms with Gasteiger partial charge in [-0.2, -0.15) is 15.0 Å².